The predicted molar refractivity (Wildman–Crippen MR) is 63.3 cm³/mol. The lowest BCUT2D eigenvalue weighted by molar-refractivity contribution is 0.171. The number of aliphatic hydroxyl groups is 1. The molecule has 0 aromatic carbocycles. The van der Waals surface area contributed by atoms with E-state index in [1.807, 2.05) is 19.9 Å². The molecule has 0 aromatic heterocycles. The highest BCUT2D eigenvalue weighted by atomic mass is 16.3. The Hall–Kier alpha value is -0.560. The van der Waals surface area contributed by atoms with Gasteiger partial charge in [-0.05, 0) is 39.5 Å². The molecule has 82 valence electrons. The van der Waals surface area contributed by atoms with Crippen LogP contribution in [0.2, 0.25) is 0 Å². The maximum absolute atomic E-state index is 9.61. The molecule has 0 fully saturated rings. The monoisotopic (exact) mass is 196 g/mol. The van der Waals surface area contributed by atoms with Crippen LogP contribution in [0, 0.1) is 5.92 Å². The van der Waals surface area contributed by atoms with Gasteiger partial charge in [0, 0.05) is 0 Å². The number of rotatable bonds is 5. The first kappa shape index (κ1) is 13.4. The zero-order valence-corrected chi connectivity index (χ0v) is 10.2. The van der Waals surface area contributed by atoms with Crippen molar-refractivity contribution in [2.45, 2.75) is 53.6 Å². The first-order chi connectivity index (χ1) is 6.43. The molecule has 0 aliphatic rings. The molecular weight excluding hydrogens is 172 g/mol. The summed E-state index contributed by atoms with van der Waals surface area (Å²) in [7, 11) is 0. The summed E-state index contributed by atoms with van der Waals surface area (Å²) in [6.45, 7) is 10.4. The van der Waals surface area contributed by atoms with Crippen LogP contribution in [-0.4, -0.2) is 11.2 Å². The van der Waals surface area contributed by atoms with Crippen LogP contribution in [0.15, 0.2) is 23.3 Å². The first-order valence-corrected chi connectivity index (χ1v) is 5.42. The second kappa shape index (κ2) is 6.83. The van der Waals surface area contributed by atoms with Crippen LogP contribution >= 0.6 is 0 Å². The van der Waals surface area contributed by atoms with E-state index in [1.165, 1.54) is 11.1 Å². The van der Waals surface area contributed by atoms with Crippen LogP contribution in [0.25, 0.3) is 0 Å². The van der Waals surface area contributed by atoms with E-state index in [1.54, 1.807) is 0 Å². The summed E-state index contributed by atoms with van der Waals surface area (Å²) in [6.07, 6.45) is 6.05. The second-order valence-corrected chi connectivity index (χ2v) is 4.57. The first-order valence-electron chi connectivity index (χ1n) is 5.42. The normalized spacial score (nSPS) is 14.4. The third-order valence-electron chi connectivity index (χ3n) is 2.23. The third-order valence-corrected chi connectivity index (χ3v) is 2.23. The van der Waals surface area contributed by atoms with Crippen molar-refractivity contribution in [2.75, 3.05) is 0 Å². The summed E-state index contributed by atoms with van der Waals surface area (Å²) in [4.78, 5) is 0. The van der Waals surface area contributed by atoms with Gasteiger partial charge in [0.05, 0.1) is 6.10 Å². The molecule has 1 N–H and O–H groups in total. The molecule has 0 saturated carbocycles. The number of allylic oxidation sites excluding steroid dienone is 3. The van der Waals surface area contributed by atoms with Crippen molar-refractivity contribution in [3.05, 3.63) is 23.3 Å². The van der Waals surface area contributed by atoms with Crippen LogP contribution in [0.1, 0.15) is 47.5 Å². The fourth-order valence-electron chi connectivity index (χ4n) is 1.16. The van der Waals surface area contributed by atoms with Crippen molar-refractivity contribution in [3.8, 4) is 0 Å². The summed E-state index contributed by atoms with van der Waals surface area (Å²) in [5.41, 5.74) is 2.64. The minimum absolute atomic E-state index is 0.290. The van der Waals surface area contributed by atoms with Gasteiger partial charge in [-0.25, -0.2) is 0 Å². The predicted octanol–water partition coefficient (Wildman–Crippen LogP) is 3.70. The van der Waals surface area contributed by atoms with Crippen LogP contribution in [-0.2, 0) is 0 Å². The maximum atomic E-state index is 9.61. The molecule has 0 radical (unpaired) electrons. The van der Waals surface area contributed by atoms with E-state index in [2.05, 4.69) is 26.8 Å². The van der Waals surface area contributed by atoms with Crippen LogP contribution in [0.3, 0.4) is 0 Å². The van der Waals surface area contributed by atoms with Gasteiger partial charge in [-0.3, -0.25) is 0 Å². The summed E-state index contributed by atoms with van der Waals surface area (Å²) in [5, 5.41) is 9.61. The lowest BCUT2D eigenvalue weighted by Crippen LogP contribution is -2.11. The van der Waals surface area contributed by atoms with Crippen LogP contribution < -0.4 is 0 Å². The Morgan fingerprint density at radius 3 is 2.21 bits per heavy atom. The quantitative estimate of drug-likeness (QED) is 0.665. The van der Waals surface area contributed by atoms with Gasteiger partial charge >= 0.3 is 0 Å². The zero-order chi connectivity index (χ0) is 11.1. The van der Waals surface area contributed by atoms with Crippen LogP contribution in [0.4, 0.5) is 0 Å². The Bertz CT molecular complexity index is 207. The molecule has 0 amide bonds. The highest BCUT2D eigenvalue weighted by Gasteiger charge is 2.04. The van der Waals surface area contributed by atoms with Crippen molar-refractivity contribution < 1.29 is 5.11 Å². The van der Waals surface area contributed by atoms with Gasteiger partial charge in [-0.15, -0.1) is 0 Å². The number of hydrogen-bond donors (Lipinski definition) is 1. The van der Waals surface area contributed by atoms with Gasteiger partial charge in [-0.1, -0.05) is 37.1 Å². The molecular formula is C13H24O. The van der Waals surface area contributed by atoms with E-state index in [4.69, 9.17) is 0 Å². The highest BCUT2D eigenvalue weighted by molar-refractivity contribution is 5.05. The standard InChI is InChI=1S/C13H24O/c1-10(2)7-6-8-12(5)9-13(14)11(3)4/h7,9,11,13-14H,6,8H2,1-5H3/b12-9+. The molecule has 1 nitrogen and oxygen atoms in total. The minimum atomic E-state index is -0.290. The molecule has 0 aliphatic carbocycles. The van der Waals surface area contributed by atoms with Gasteiger partial charge in [0.25, 0.3) is 0 Å². The van der Waals surface area contributed by atoms with Crippen molar-refractivity contribution in [1.29, 1.82) is 0 Å². The molecule has 0 spiro atoms. The van der Waals surface area contributed by atoms with E-state index in [0.29, 0.717) is 5.92 Å². The molecule has 1 unspecified atom stereocenters. The smallest absolute Gasteiger partial charge is 0.0746 e. The highest BCUT2D eigenvalue weighted by Crippen LogP contribution is 2.11. The van der Waals surface area contributed by atoms with Crippen molar-refractivity contribution >= 4 is 0 Å². The molecule has 1 atom stereocenters. The number of aliphatic hydroxyl groups excluding tert-OH is 1. The Morgan fingerprint density at radius 1 is 1.21 bits per heavy atom. The molecule has 0 aliphatic heterocycles. The van der Waals surface area contributed by atoms with Gasteiger partial charge in [-0.2, -0.15) is 0 Å². The van der Waals surface area contributed by atoms with E-state index in [0.717, 1.165) is 12.8 Å². The fraction of sp³-hybridized carbons (Fsp3) is 0.692. The van der Waals surface area contributed by atoms with Gasteiger partial charge in [0.15, 0.2) is 0 Å². The summed E-state index contributed by atoms with van der Waals surface area (Å²) in [6, 6.07) is 0. The van der Waals surface area contributed by atoms with Crippen molar-refractivity contribution in [1.82, 2.24) is 0 Å². The minimum Gasteiger partial charge on any atom is -0.389 e. The van der Waals surface area contributed by atoms with Gasteiger partial charge in [0.2, 0.25) is 0 Å². The number of hydrogen-bond acceptors (Lipinski definition) is 1. The van der Waals surface area contributed by atoms with Crippen LogP contribution in [0.5, 0.6) is 0 Å². The Balaban J connectivity index is 3.95. The Morgan fingerprint density at radius 2 is 1.79 bits per heavy atom. The zero-order valence-electron chi connectivity index (χ0n) is 10.2. The van der Waals surface area contributed by atoms with E-state index >= 15 is 0 Å². The van der Waals surface area contributed by atoms with Crippen molar-refractivity contribution in [3.63, 3.8) is 0 Å². The van der Waals surface area contributed by atoms with E-state index < -0.39 is 0 Å². The topological polar surface area (TPSA) is 20.2 Å². The van der Waals surface area contributed by atoms with Gasteiger partial charge in [0.1, 0.15) is 0 Å². The summed E-state index contributed by atoms with van der Waals surface area (Å²) in [5.74, 6) is 0.313. The molecule has 1 heteroatoms. The molecule has 14 heavy (non-hydrogen) atoms. The maximum Gasteiger partial charge on any atom is 0.0746 e. The average molecular weight is 196 g/mol. The third kappa shape index (κ3) is 6.90. The largest absolute Gasteiger partial charge is 0.389 e. The average Bonchev–Trinajstić information content (AvgIpc) is 2.02. The van der Waals surface area contributed by atoms with E-state index in [9.17, 15) is 5.11 Å². The van der Waals surface area contributed by atoms with Crippen molar-refractivity contribution in [2.24, 2.45) is 5.92 Å². The SMILES string of the molecule is CC(C)=CCC/C(C)=C/C(O)C(C)C. The summed E-state index contributed by atoms with van der Waals surface area (Å²) < 4.78 is 0. The Labute approximate surface area is 88.5 Å². The van der Waals surface area contributed by atoms with Gasteiger partial charge < -0.3 is 5.11 Å². The lowest BCUT2D eigenvalue weighted by atomic mass is 10.0. The molecule has 0 bridgehead atoms. The lowest BCUT2D eigenvalue weighted by Gasteiger charge is -2.10. The summed E-state index contributed by atoms with van der Waals surface area (Å²) >= 11 is 0. The molecule has 0 saturated heterocycles. The fourth-order valence-corrected chi connectivity index (χ4v) is 1.16. The molecule has 0 aromatic rings. The molecule has 0 rings (SSSR count). The molecule has 0 heterocycles. The second-order valence-electron chi connectivity index (χ2n) is 4.57. The van der Waals surface area contributed by atoms with E-state index in [-0.39, 0.29) is 6.10 Å². The Kier molecular flexibility index (Phi) is 6.56.